The van der Waals surface area contributed by atoms with Gasteiger partial charge in [0.2, 0.25) is 0 Å². The summed E-state index contributed by atoms with van der Waals surface area (Å²) in [5.41, 5.74) is 0.328. The third-order valence-electron chi connectivity index (χ3n) is 4.97. The molecule has 8 heteroatoms. The number of methoxy groups -OCH3 is 1. The highest BCUT2D eigenvalue weighted by Gasteiger charge is 2.36. The molecule has 0 heterocycles. The third kappa shape index (κ3) is 10.4. The highest BCUT2D eigenvalue weighted by atomic mass is 127. The van der Waals surface area contributed by atoms with E-state index in [9.17, 15) is 4.79 Å². The first-order chi connectivity index (χ1) is 12.4. The van der Waals surface area contributed by atoms with E-state index in [1.807, 2.05) is 0 Å². The predicted molar refractivity (Wildman–Crippen MR) is 121 cm³/mol. The molecule has 7 nitrogen and oxygen atoms in total. The summed E-state index contributed by atoms with van der Waals surface area (Å²) in [7, 11) is 3.53. The minimum atomic E-state index is -0.365. The lowest BCUT2D eigenvalue weighted by Gasteiger charge is -2.42. The maximum atomic E-state index is 11.7. The smallest absolute Gasteiger partial charge is 0.407 e. The first-order valence-corrected chi connectivity index (χ1v) is 9.81. The molecule has 1 aliphatic rings. The number of halogens is 1. The summed E-state index contributed by atoms with van der Waals surface area (Å²) >= 11 is 0. The largest absolute Gasteiger partial charge is 0.450 e. The van der Waals surface area contributed by atoms with Crippen molar-refractivity contribution in [3.8, 4) is 0 Å². The lowest BCUT2D eigenvalue weighted by Crippen LogP contribution is -2.50. The van der Waals surface area contributed by atoms with Gasteiger partial charge in [0.05, 0.1) is 6.61 Å². The van der Waals surface area contributed by atoms with Crippen molar-refractivity contribution in [1.82, 2.24) is 16.0 Å². The molecule has 0 aromatic carbocycles. The first kappa shape index (κ1) is 26.2. The minimum absolute atomic E-state index is 0. The Bertz CT molecular complexity index is 443. The van der Waals surface area contributed by atoms with Crippen LogP contribution in [0.4, 0.5) is 4.79 Å². The molecule has 1 saturated carbocycles. The van der Waals surface area contributed by atoms with E-state index in [0.29, 0.717) is 24.5 Å². The Labute approximate surface area is 181 Å². The second kappa shape index (κ2) is 14.3. The number of carbonyl (C=O) groups excluding carboxylic acids is 1. The Morgan fingerprint density at radius 3 is 2.44 bits per heavy atom. The summed E-state index contributed by atoms with van der Waals surface area (Å²) in [5.74, 6) is 1.25. The van der Waals surface area contributed by atoms with Crippen molar-refractivity contribution in [3.63, 3.8) is 0 Å². The number of ether oxygens (including phenoxy) is 2. The fourth-order valence-electron chi connectivity index (χ4n) is 3.32. The van der Waals surface area contributed by atoms with Crippen molar-refractivity contribution in [3.05, 3.63) is 0 Å². The van der Waals surface area contributed by atoms with Crippen molar-refractivity contribution in [2.45, 2.75) is 58.9 Å². The van der Waals surface area contributed by atoms with Gasteiger partial charge in [-0.05, 0) is 43.9 Å². The molecule has 0 aromatic heterocycles. The summed E-state index contributed by atoms with van der Waals surface area (Å²) in [5, 5.41) is 9.71. The van der Waals surface area contributed by atoms with Crippen LogP contribution >= 0.6 is 24.0 Å². The number of rotatable bonds is 11. The van der Waals surface area contributed by atoms with Gasteiger partial charge in [0.1, 0.15) is 0 Å². The van der Waals surface area contributed by atoms with E-state index in [1.165, 1.54) is 19.3 Å². The molecule has 1 atom stereocenters. The first-order valence-electron chi connectivity index (χ1n) is 9.81. The molecule has 0 bridgehead atoms. The van der Waals surface area contributed by atoms with Crippen molar-refractivity contribution < 1.29 is 14.3 Å². The van der Waals surface area contributed by atoms with E-state index in [4.69, 9.17) is 9.47 Å². The van der Waals surface area contributed by atoms with Gasteiger partial charge in [0, 0.05) is 39.9 Å². The average molecular weight is 498 g/mol. The molecule has 1 unspecified atom stereocenters. The van der Waals surface area contributed by atoms with Gasteiger partial charge in [-0.3, -0.25) is 4.99 Å². The van der Waals surface area contributed by atoms with Crippen LogP contribution in [0.3, 0.4) is 0 Å². The van der Waals surface area contributed by atoms with Crippen LogP contribution in [0.25, 0.3) is 0 Å². The molecule has 27 heavy (non-hydrogen) atoms. The Kier molecular flexibility index (Phi) is 13.9. The summed E-state index contributed by atoms with van der Waals surface area (Å²) in [6.07, 6.45) is 5.35. The quantitative estimate of drug-likeness (QED) is 0.232. The van der Waals surface area contributed by atoms with Crippen molar-refractivity contribution in [2.75, 3.05) is 40.5 Å². The van der Waals surface area contributed by atoms with E-state index >= 15 is 0 Å². The van der Waals surface area contributed by atoms with Gasteiger partial charge in [0.25, 0.3) is 0 Å². The maximum absolute atomic E-state index is 11.7. The molecule has 1 amide bonds. The van der Waals surface area contributed by atoms with Crippen LogP contribution in [0.1, 0.15) is 52.9 Å². The average Bonchev–Trinajstić information content (AvgIpc) is 2.55. The molecular weight excluding hydrogens is 459 g/mol. The topological polar surface area (TPSA) is 84.0 Å². The second-order valence-corrected chi connectivity index (χ2v) is 7.59. The fraction of sp³-hybridized carbons (Fsp3) is 0.895. The highest BCUT2D eigenvalue weighted by molar-refractivity contribution is 14.0. The van der Waals surface area contributed by atoms with Crippen LogP contribution in [0.2, 0.25) is 0 Å². The predicted octanol–water partition coefficient (Wildman–Crippen LogP) is 3.14. The summed E-state index contributed by atoms with van der Waals surface area (Å²) in [6, 6.07) is -0.00115. The van der Waals surface area contributed by atoms with Crippen LogP contribution in [0, 0.1) is 11.3 Å². The molecule has 0 aliphatic heterocycles. The van der Waals surface area contributed by atoms with E-state index in [2.05, 4.69) is 34.8 Å². The number of guanidine groups is 1. The number of nitrogens with zero attached hydrogens (tertiary/aromatic N) is 1. The molecule has 0 spiro atoms. The maximum Gasteiger partial charge on any atom is 0.407 e. The number of aliphatic imine (C=N–C) groups is 1. The van der Waals surface area contributed by atoms with Crippen molar-refractivity contribution >= 4 is 36.0 Å². The van der Waals surface area contributed by atoms with Crippen LogP contribution in [0.15, 0.2) is 4.99 Å². The van der Waals surface area contributed by atoms with Gasteiger partial charge in [-0.25, -0.2) is 4.79 Å². The van der Waals surface area contributed by atoms with Crippen molar-refractivity contribution in [2.24, 2.45) is 16.3 Å². The van der Waals surface area contributed by atoms with Crippen LogP contribution < -0.4 is 16.0 Å². The Balaban J connectivity index is 0.00000676. The molecule has 1 aliphatic carbocycles. The number of nitrogens with one attached hydrogen (secondary N) is 3. The SMILES string of the molecule is CCOC(=O)NC(CNC(=NC)NCC1(CCOC)CCC1)CC(C)C.I. The molecule has 1 rings (SSSR count). The van der Waals surface area contributed by atoms with E-state index < -0.39 is 0 Å². The number of amides is 1. The molecule has 0 radical (unpaired) electrons. The van der Waals surface area contributed by atoms with Crippen LogP contribution in [-0.2, 0) is 9.47 Å². The minimum Gasteiger partial charge on any atom is -0.450 e. The monoisotopic (exact) mass is 498 g/mol. The summed E-state index contributed by atoms with van der Waals surface area (Å²) in [6.45, 7) is 8.78. The number of hydrogen-bond acceptors (Lipinski definition) is 4. The summed E-state index contributed by atoms with van der Waals surface area (Å²) < 4.78 is 10.3. The molecule has 0 saturated heterocycles. The van der Waals surface area contributed by atoms with Gasteiger partial charge >= 0.3 is 6.09 Å². The highest BCUT2D eigenvalue weighted by Crippen LogP contribution is 2.43. The Hall–Kier alpha value is -0.770. The fourth-order valence-corrected chi connectivity index (χ4v) is 3.32. The van der Waals surface area contributed by atoms with Gasteiger partial charge in [-0.2, -0.15) is 0 Å². The number of hydrogen-bond donors (Lipinski definition) is 3. The lowest BCUT2D eigenvalue weighted by molar-refractivity contribution is 0.0732. The van der Waals surface area contributed by atoms with Gasteiger partial charge in [-0.1, -0.05) is 20.3 Å². The van der Waals surface area contributed by atoms with E-state index in [1.54, 1.807) is 21.1 Å². The van der Waals surface area contributed by atoms with Gasteiger partial charge in [0.15, 0.2) is 5.96 Å². The second-order valence-electron chi connectivity index (χ2n) is 7.59. The zero-order valence-corrected chi connectivity index (χ0v) is 19.9. The zero-order chi connectivity index (χ0) is 19.4. The van der Waals surface area contributed by atoms with E-state index in [0.717, 1.165) is 32.0 Å². The van der Waals surface area contributed by atoms with Crippen LogP contribution in [0.5, 0.6) is 0 Å². The van der Waals surface area contributed by atoms with E-state index in [-0.39, 0.29) is 36.1 Å². The number of carbonyl (C=O) groups is 1. The van der Waals surface area contributed by atoms with Gasteiger partial charge < -0.3 is 25.4 Å². The zero-order valence-electron chi connectivity index (χ0n) is 17.6. The Morgan fingerprint density at radius 2 is 1.96 bits per heavy atom. The lowest BCUT2D eigenvalue weighted by atomic mass is 9.67. The molecular formula is C19H39IN4O3. The number of alkyl carbamates (subject to hydrolysis) is 1. The normalized spacial score (nSPS) is 16.7. The van der Waals surface area contributed by atoms with Crippen LogP contribution in [-0.4, -0.2) is 58.6 Å². The molecule has 1 fully saturated rings. The van der Waals surface area contributed by atoms with Crippen molar-refractivity contribution in [1.29, 1.82) is 0 Å². The Morgan fingerprint density at radius 1 is 1.26 bits per heavy atom. The summed E-state index contributed by atoms with van der Waals surface area (Å²) in [4.78, 5) is 16.0. The molecule has 0 aromatic rings. The molecule has 160 valence electrons. The third-order valence-corrected chi connectivity index (χ3v) is 4.97. The molecule has 3 N–H and O–H groups in total. The van der Waals surface area contributed by atoms with Gasteiger partial charge in [-0.15, -0.1) is 24.0 Å². The standard InChI is InChI=1S/C19H38N4O3.HI/c1-6-26-18(24)23-16(12-15(2)3)13-21-17(20-4)22-14-19(8-7-9-19)10-11-25-5;/h15-16H,6-14H2,1-5H3,(H,23,24)(H2,20,21,22);1H.